The van der Waals surface area contributed by atoms with Crippen molar-refractivity contribution in [3.63, 3.8) is 0 Å². The van der Waals surface area contributed by atoms with Crippen LogP contribution in [0.15, 0.2) is 36.7 Å². The van der Waals surface area contributed by atoms with Crippen molar-refractivity contribution >= 4 is 11.6 Å². The number of hydrogen-bond acceptors (Lipinski definition) is 4. The molecule has 4 heteroatoms. The fraction of sp³-hybridized carbons (Fsp3) is 0.333. The van der Waals surface area contributed by atoms with E-state index in [0.29, 0.717) is 0 Å². The highest BCUT2D eigenvalue weighted by Crippen LogP contribution is 2.22. The van der Waals surface area contributed by atoms with Crippen molar-refractivity contribution < 1.29 is 0 Å². The number of hydrogen-bond donors (Lipinski definition) is 1. The van der Waals surface area contributed by atoms with Gasteiger partial charge in [0.2, 0.25) is 0 Å². The minimum atomic E-state index is 0.815. The van der Waals surface area contributed by atoms with Gasteiger partial charge in [0.1, 0.15) is 11.6 Å². The highest BCUT2D eigenvalue weighted by atomic mass is 15.2. The van der Waals surface area contributed by atoms with Gasteiger partial charge in [-0.1, -0.05) is 24.3 Å². The van der Waals surface area contributed by atoms with Crippen molar-refractivity contribution in [3.05, 3.63) is 47.8 Å². The molecule has 0 radical (unpaired) electrons. The standard InChI is InChI=1S/C15H18N4/c1-16-14-9-17-10-15(18-14)19-8-4-7-12-5-2-3-6-13(12)11-19/h2-3,5-6,9-10H,4,7-8,11H2,1H3,(H,16,18). The lowest BCUT2D eigenvalue weighted by Crippen LogP contribution is -2.23. The summed E-state index contributed by atoms with van der Waals surface area (Å²) in [4.78, 5) is 11.1. The lowest BCUT2D eigenvalue weighted by molar-refractivity contribution is 0.752. The van der Waals surface area contributed by atoms with Crippen LogP contribution in [0.4, 0.5) is 11.6 Å². The summed E-state index contributed by atoms with van der Waals surface area (Å²) in [5.74, 6) is 1.76. The molecule has 19 heavy (non-hydrogen) atoms. The summed E-state index contributed by atoms with van der Waals surface area (Å²) in [5, 5.41) is 3.04. The molecule has 98 valence electrons. The van der Waals surface area contributed by atoms with E-state index >= 15 is 0 Å². The number of rotatable bonds is 2. The molecule has 0 bridgehead atoms. The second kappa shape index (κ2) is 5.26. The van der Waals surface area contributed by atoms with Gasteiger partial charge in [-0.05, 0) is 24.0 Å². The molecule has 1 N–H and O–H groups in total. The van der Waals surface area contributed by atoms with E-state index < -0.39 is 0 Å². The first kappa shape index (κ1) is 12.0. The second-order valence-corrected chi connectivity index (χ2v) is 4.81. The highest BCUT2D eigenvalue weighted by molar-refractivity contribution is 5.45. The molecule has 1 aromatic carbocycles. The molecule has 0 spiro atoms. The summed E-state index contributed by atoms with van der Waals surface area (Å²) in [6.45, 7) is 1.94. The number of aromatic nitrogens is 2. The highest BCUT2D eigenvalue weighted by Gasteiger charge is 2.15. The van der Waals surface area contributed by atoms with Crippen molar-refractivity contribution in [1.82, 2.24) is 9.97 Å². The number of fused-ring (bicyclic) bond motifs is 1. The van der Waals surface area contributed by atoms with Gasteiger partial charge in [0.15, 0.2) is 0 Å². The molecular formula is C15H18N4. The van der Waals surface area contributed by atoms with Crippen molar-refractivity contribution in [1.29, 1.82) is 0 Å². The van der Waals surface area contributed by atoms with E-state index in [4.69, 9.17) is 0 Å². The number of aryl methyl sites for hydroxylation is 1. The Morgan fingerprint density at radius 1 is 1.16 bits per heavy atom. The average Bonchev–Trinajstić information content (AvgIpc) is 2.69. The fourth-order valence-electron chi connectivity index (χ4n) is 2.52. The van der Waals surface area contributed by atoms with Crippen LogP contribution in [-0.4, -0.2) is 23.6 Å². The molecule has 4 nitrogen and oxygen atoms in total. The molecule has 1 aliphatic heterocycles. The van der Waals surface area contributed by atoms with Crippen LogP contribution in [0, 0.1) is 0 Å². The third-order valence-corrected chi connectivity index (χ3v) is 3.56. The van der Waals surface area contributed by atoms with Gasteiger partial charge in [0, 0.05) is 20.1 Å². The van der Waals surface area contributed by atoms with Crippen LogP contribution in [0.5, 0.6) is 0 Å². The van der Waals surface area contributed by atoms with Crippen LogP contribution in [-0.2, 0) is 13.0 Å². The van der Waals surface area contributed by atoms with Crippen molar-refractivity contribution in [2.45, 2.75) is 19.4 Å². The van der Waals surface area contributed by atoms with Crippen molar-refractivity contribution in [2.75, 3.05) is 23.8 Å². The predicted molar refractivity (Wildman–Crippen MR) is 77.4 cm³/mol. The predicted octanol–water partition coefficient (Wildman–Crippen LogP) is 2.47. The summed E-state index contributed by atoms with van der Waals surface area (Å²) in [6.07, 6.45) is 5.89. The molecule has 0 atom stereocenters. The van der Waals surface area contributed by atoms with Gasteiger partial charge in [-0.25, -0.2) is 4.98 Å². The summed E-state index contributed by atoms with van der Waals surface area (Å²) < 4.78 is 0. The maximum Gasteiger partial charge on any atom is 0.149 e. The van der Waals surface area contributed by atoms with Crippen LogP contribution in [0.3, 0.4) is 0 Å². The van der Waals surface area contributed by atoms with Gasteiger partial charge >= 0.3 is 0 Å². The molecule has 1 aliphatic rings. The second-order valence-electron chi connectivity index (χ2n) is 4.81. The van der Waals surface area contributed by atoms with E-state index in [2.05, 4.69) is 44.5 Å². The fourth-order valence-corrected chi connectivity index (χ4v) is 2.52. The van der Waals surface area contributed by atoms with E-state index in [1.807, 2.05) is 13.2 Å². The molecular weight excluding hydrogens is 236 g/mol. The first-order chi connectivity index (χ1) is 9.36. The summed E-state index contributed by atoms with van der Waals surface area (Å²) in [5.41, 5.74) is 2.86. The van der Waals surface area contributed by atoms with Crippen LogP contribution in [0.2, 0.25) is 0 Å². The van der Waals surface area contributed by atoms with Crippen molar-refractivity contribution in [2.24, 2.45) is 0 Å². The minimum absolute atomic E-state index is 0.815. The first-order valence-electron chi connectivity index (χ1n) is 6.68. The molecule has 0 unspecified atom stereocenters. The number of nitrogens with zero attached hydrogens (tertiary/aromatic N) is 3. The van der Waals surface area contributed by atoms with Gasteiger partial charge in [-0.15, -0.1) is 0 Å². The topological polar surface area (TPSA) is 41.1 Å². The minimum Gasteiger partial charge on any atom is -0.372 e. The normalized spacial score (nSPS) is 14.7. The smallest absolute Gasteiger partial charge is 0.149 e. The first-order valence-corrected chi connectivity index (χ1v) is 6.68. The Balaban J connectivity index is 1.89. The molecule has 2 heterocycles. The zero-order chi connectivity index (χ0) is 13.1. The van der Waals surface area contributed by atoms with Gasteiger partial charge < -0.3 is 10.2 Å². The Bertz CT molecular complexity index is 568. The van der Waals surface area contributed by atoms with Gasteiger partial charge in [-0.3, -0.25) is 4.98 Å². The number of nitrogens with one attached hydrogen (secondary N) is 1. The Labute approximate surface area is 113 Å². The largest absolute Gasteiger partial charge is 0.372 e. The number of anilines is 2. The molecule has 0 fully saturated rings. The lowest BCUT2D eigenvalue weighted by atomic mass is 10.0. The molecule has 1 aromatic heterocycles. The Morgan fingerprint density at radius 3 is 2.84 bits per heavy atom. The van der Waals surface area contributed by atoms with Crippen LogP contribution in [0.1, 0.15) is 17.5 Å². The molecule has 0 aliphatic carbocycles. The Hall–Kier alpha value is -2.10. The quantitative estimate of drug-likeness (QED) is 0.894. The Kier molecular flexibility index (Phi) is 3.31. The van der Waals surface area contributed by atoms with Gasteiger partial charge in [0.05, 0.1) is 12.4 Å². The average molecular weight is 254 g/mol. The monoisotopic (exact) mass is 254 g/mol. The van der Waals surface area contributed by atoms with Crippen LogP contribution in [0.25, 0.3) is 0 Å². The maximum absolute atomic E-state index is 4.58. The zero-order valence-electron chi connectivity index (χ0n) is 11.1. The Morgan fingerprint density at radius 2 is 2.00 bits per heavy atom. The SMILES string of the molecule is CNc1cncc(N2CCCc3ccccc3C2)n1. The van der Waals surface area contributed by atoms with Gasteiger partial charge in [0.25, 0.3) is 0 Å². The maximum atomic E-state index is 4.58. The van der Waals surface area contributed by atoms with Gasteiger partial charge in [-0.2, -0.15) is 0 Å². The zero-order valence-corrected chi connectivity index (χ0v) is 11.1. The third kappa shape index (κ3) is 2.52. The van der Waals surface area contributed by atoms with Crippen LogP contribution < -0.4 is 10.2 Å². The third-order valence-electron chi connectivity index (χ3n) is 3.56. The molecule has 2 aromatic rings. The summed E-state index contributed by atoms with van der Waals surface area (Å²) in [7, 11) is 1.87. The van der Waals surface area contributed by atoms with E-state index in [9.17, 15) is 0 Å². The molecule has 0 saturated carbocycles. The lowest BCUT2D eigenvalue weighted by Gasteiger charge is -2.22. The number of benzene rings is 1. The van der Waals surface area contributed by atoms with E-state index in [-0.39, 0.29) is 0 Å². The van der Waals surface area contributed by atoms with Crippen LogP contribution >= 0.6 is 0 Å². The van der Waals surface area contributed by atoms with E-state index in [1.54, 1.807) is 6.20 Å². The van der Waals surface area contributed by atoms with Crippen molar-refractivity contribution in [3.8, 4) is 0 Å². The summed E-state index contributed by atoms with van der Waals surface area (Å²) >= 11 is 0. The summed E-state index contributed by atoms with van der Waals surface area (Å²) in [6, 6.07) is 8.67. The molecule has 0 amide bonds. The molecule has 3 rings (SSSR count). The van der Waals surface area contributed by atoms with E-state index in [1.165, 1.54) is 11.1 Å². The molecule has 0 saturated heterocycles. The van der Waals surface area contributed by atoms with E-state index in [0.717, 1.165) is 37.6 Å².